The van der Waals surface area contributed by atoms with Gasteiger partial charge in [0.1, 0.15) is 17.3 Å². The van der Waals surface area contributed by atoms with Gasteiger partial charge in [0.25, 0.3) is 0 Å². The first-order valence-electron chi connectivity index (χ1n) is 8.55. The molecule has 2 heterocycles. The minimum atomic E-state index is -4.42. The summed E-state index contributed by atoms with van der Waals surface area (Å²) >= 11 is 0. The molecule has 1 atom stereocenters. The SMILES string of the molecule is COc1cccc(C(C)N2CCN(c3cccc(C(F)(F)F)n3)CC2)c1. The first-order valence-corrected chi connectivity index (χ1v) is 8.55. The van der Waals surface area contributed by atoms with Crippen molar-refractivity contribution in [3.05, 3.63) is 53.7 Å². The third-order valence-corrected chi connectivity index (χ3v) is 4.79. The van der Waals surface area contributed by atoms with E-state index in [2.05, 4.69) is 22.9 Å². The smallest absolute Gasteiger partial charge is 0.433 e. The maximum atomic E-state index is 12.9. The van der Waals surface area contributed by atoms with Crippen LogP contribution in [0.5, 0.6) is 5.75 Å². The number of aromatic nitrogens is 1. The van der Waals surface area contributed by atoms with E-state index in [9.17, 15) is 13.2 Å². The number of alkyl halides is 3. The van der Waals surface area contributed by atoms with Crippen molar-refractivity contribution in [1.29, 1.82) is 0 Å². The van der Waals surface area contributed by atoms with Crippen LogP contribution in [0, 0.1) is 0 Å². The lowest BCUT2D eigenvalue weighted by molar-refractivity contribution is -0.141. The predicted octanol–water partition coefficient (Wildman–Crippen LogP) is 3.99. The quantitative estimate of drug-likeness (QED) is 0.819. The van der Waals surface area contributed by atoms with Crippen LogP contribution in [0.25, 0.3) is 0 Å². The molecule has 1 saturated heterocycles. The van der Waals surface area contributed by atoms with Crippen LogP contribution in [0.1, 0.15) is 24.2 Å². The van der Waals surface area contributed by atoms with Crippen LogP contribution >= 0.6 is 0 Å². The van der Waals surface area contributed by atoms with Gasteiger partial charge in [-0.05, 0) is 36.8 Å². The molecule has 0 N–H and O–H groups in total. The Labute approximate surface area is 151 Å². The summed E-state index contributed by atoms with van der Waals surface area (Å²) in [6.07, 6.45) is -4.42. The molecule has 4 nitrogen and oxygen atoms in total. The molecule has 0 spiro atoms. The predicted molar refractivity (Wildman–Crippen MR) is 94.4 cm³/mol. The number of rotatable bonds is 4. The molecule has 1 aromatic heterocycles. The molecule has 1 unspecified atom stereocenters. The monoisotopic (exact) mass is 365 g/mol. The van der Waals surface area contributed by atoms with Crippen molar-refractivity contribution >= 4 is 5.82 Å². The molecule has 7 heteroatoms. The fourth-order valence-electron chi connectivity index (χ4n) is 3.21. The standard InChI is InChI=1S/C19H22F3N3O/c1-14(15-5-3-6-16(13-15)26-2)24-9-11-25(12-10-24)18-8-4-7-17(23-18)19(20,21)22/h3-8,13-14H,9-12H2,1-2H3. The van der Waals surface area contributed by atoms with Gasteiger partial charge in [0.2, 0.25) is 0 Å². The van der Waals surface area contributed by atoms with Crippen molar-refractivity contribution in [3.63, 3.8) is 0 Å². The Bertz CT molecular complexity index is 743. The molecule has 140 valence electrons. The van der Waals surface area contributed by atoms with Crippen LogP contribution in [0.4, 0.5) is 19.0 Å². The van der Waals surface area contributed by atoms with E-state index in [0.717, 1.165) is 30.5 Å². The maximum absolute atomic E-state index is 12.9. The molecule has 1 fully saturated rings. The van der Waals surface area contributed by atoms with E-state index in [-0.39, 0.29) is 6.04 Å². The molecule has 0 aliphatic carbocycles. The molecule has 1 aliphatic heterocycles. The van der Waals surface area contributed by atoms with E-state index in [4.69, 9.17) is 4.74 Å². The molecule has 1 aliphatic rings. The highest BCUT2D eigenvalue weighted by molar-refractivity contribution is 5.40. The average molecular weight is 365 g/mol. The Balaban J connectivity index is 1.65. The van der Waals surface area contributed by atoms with E-state index in [1.54, 1.807) is 13.2 Å². The summed E-state index contributed by atoms with van der Waals surface area (Å²) in [4.78, 5) is 8.01. The molecule has 0 amide bonds. The second-order valence-corrected chi connectivity index (χ2v) is 6.35. The van der Waals surface area contributed by atoms with Gasteiger partial charge in [-0.15, -0.1) is 0 Å². The summed E-state index contributed by atoms with van der Waals surface area (Å²) in [5.74, 6) is 1.20. The number of hydrogen-bond acceptors (Lipinski definition) is 4. The van der Waals surface area contributed by atoms with Crippen LogP contribution < -0.4 is 9.64 Å². The van der Waals surface area contributed by atoms with Gasteiger partial charge in [-0.1, -0.05) is 18.2 Å². The van der Waals surface area contributed by atoms with E-state index in [0.29, 0.717) is 18.9 Å². The van der Waals surface area contributed by atoms with Gasteiger partial charge in [0, 0.05) is 32.2 Å². The lowest BCUT2D eigenvalue weighted by atomic mass is 10.1. The van der Waals surface area contributed by atoms with E-state index >= 15 is 0 Å². The molecule has 0 bridgehead atoms. The van der Waals surface area contributed by atoms with Gasteiger partial charge in [-0.3, -0.25) is 4.90 Å². The van der Waals surface area contributed by atoms with Crippen molar-refractivity contribution in [2.75, 3.05) is 38.2 Å². The van der Waals surface area contributed by atoms with Gasteiger partial charge in [-0.2, -0.15) is 13.2 Å². The van der Waals surface area contributed by atoms with Crippen molar-refractivity contribution in [1.82, 2.24) is 9.88 Å². The summed E-state index contributed by atoms with van der Waals surface area (Å²) in [6.45, 7) is 4.94. The summed E-state index contributed by atoms with van der Waals surface area (Å²) in [7, 11) is 1.64. The van der Waals surface area contributed by atoms with E-state index in [1.165, 1.54) is 6.07 Å². The first kappa shape index (κ1) is 18.5. The molecular weight excluding hydrogens is 343 g/mol. The third-order valence-electron chi connectivity index (χ3n) is 4.79. The number of pyridine rings is 1. The second-order valence-electron chi connectivity index (χ2n) is 6.35. The van der Waals surface area contributed by atoms with E-state index in [1.807, 2.05) is 23.1 Å². The van der Waals surface area contributed by atoms with Crippen molar-refractivity contribution < 1.29 is 17.9 Å². The highest BCUT2D eigenvalue weighted by Crippen LogP contribution is 2.30. The highest BCUT2D eigenvalue weighted by atomic mass is 19.4. The number of methoxy groups -OCH3 is 1. The van der Waals surface area contributed by atoms with Gasteiger partial charge in [0.05, 0.1) is 7.11 Å². The van der Waals surface area contributed by atoms with Gasteiger partial charge in [0.15, 0.2) is 0 Å². The zero-order chi connectivity index (χ0) is 18.7. The molecule has 0 saturated carbocycles. The highest BCUT2D eigenvalue weighted by Gasteiger charge is 2.33. The number of benzene rings is 1. The van der Waals surface area contributed by atoms with Gasteiger partial charge in [-0.25, -0.2) is 4.98 Å². The number of anilines is 1. The fourth-order valence-corrected chi connectivity index (χ4v) is 3.21. The Morgan fingerprint density at radius 1 is 1.04 bits per heavy atom. The average Bonchev–Trinajstić information content (AvgIpc) is 2.67. The fraction of sp³-hybridized carbons (Fsp3) is 0.421. The van der Waals surface area contributed by atoms with Crippen LogP contribution in [0.2, 0.25) is 0 Å². The van der Waals surface area contributed by atoms with Crippen molar-refractivity contribution in [2.24, 2.45) is 0 Å². The number of hydrogen-bond donors (Lipinski definition) is 0. The number of nitrogens with zero attached hydrogens (tertiary/aromatic N) is 3. The second kappa shape index (κ2) is 7.53. The minimum Gasteiger partial charge on any atom is -0.497 e. The molecule has 3 rings (SSSR count). The van der Waals surface area contributed by atoms with E-state index < -0.39 is 11.9 Å². The first-order chi connectivity index (χ1) is 12.4. The molecule has 2 aromatic rings. The zero-order valence-corrected chi connectivity index (χ0v) is 14.8. The van der Waals surface area contributed by atoms with Crippen LogP contribution in [-0.2, 0) is 6.18 Å². The Hall–Kier alpha value is -2.28. The summed E-state index contributed by atoms with van der Waals surface area (Å²) < 4.78 is 43.8. The minimum absolute atomic E-state index is 0.210. The van der Waals surface area contributed by atoms with Crippen molar-refractivity contribution in [2.45, 2.75) is 19.1 Å². The lowest BCUT2D eigenvalue weighted by Crippen LogP contribution is -2.47. The normalized spacial score (nSPS) is 17.2. The summed E-state index contributed by atoms with van der Waals surface area (Å²) in [5.41, 5.74) is 0.317. The lowest BCUT2D eigenvalue weighted by Gasteiger charge is -2.38. The topological polar surface area (TPSA) is 28.6 Å². The van der Waals surface area contributed by atoms with Crippen LogP contribution in [0.15, 0.2) is 42.5 Å². The van der Waals surface area contributed by atoms with Gasteiger partial charge >= 0.3 is 6.18 Å². The van der Waals surface area contributed by atoms with Crippen LogP contribution in [-0.4, -0.2) is 43.2 Å². The maximum Gasteiger partial charge on any atom is 0.433 e. The summed E-state index contributed by atoms with van der Waals surface area (Å²) in [6, 6.07) is 12.2. The number of halogens is 3. The van der Waals surface area contributed by atoms with Crippen LogP contribution in [0.3, 0.4) is 0 Å². The largest absolute Gasteiger partial charge is 0.497 e. The molecule has 1 aromatic carbocycles. The Kier molecular flexibility index (Phi) is 5.36. The number of piperazine rings is 1. The molecule has 26 heavy (non-hydrogen) atoms. The number of ether oxygens (including phenoxy) is 1. The molecule has 0 radical (unpaired) electrons. The zero-order valence-electron chi connectivity index (χ0n) is 14.8. The Morgan fingerprint density at radius 3 is 2.38 bits per heavy atom. The molecular formula is C19H22F3N3O. The van der Waals surface area contributed by atoms with Crippen molar-refractivity contribution in [3.8, 4) is 5.75 Å². The summed E-state index contributed by atoms with van der Waals surface area (Å²) in [5, 5.41) is 0. The Morgan fingerprint density at radius 2 is 1.73 bits per heavy atom. The third kappa shape index (κ3) is 4.09. The van der Waals surface area contributed by atoms with Gasteiger partial charge < -0.3 is 9.64 Å².